The Labute approximate surface area is 194 Å². The maximum Gasteiger partial charge on any atom is 0.231 e. The summed E-state index contributed by atoms with van der Waals surface area (Å²) in [6, 6.07) is 14.6. The number of nitrogens with one attached hydrogen (secondary N) is 1. The number of benzene rings is 1. The fourth-order valence-corrected chi connectivity index (χ4v) is 5.15. The summed E-state index contributed by atoms with van der Waals surface area (Å²) in [5.41, 5.74) is 5.70. The molecule has 2 aliphatic rings. The summed E-state index contributed by atoms with van der Waals surface area (Å²) in [6.45, 7) is 7.74. The Bertz CT molecular complexity index is 1140. The van der Waals surface area contributed by atoms with Crippen molar-refractivity contribution in [3.8, 4) is 17.2 Å². The minimum absolute atomic E-state index is 0.00580. The third kappa shape index (κ3) is 3.50. The maximum atomic E-state index is 5.79. The standard InChI is InChI=1S/C25H28N4O2S/c1-4-5-12-28-24(23(27-25(28)32)20-8-6-7-11-26-20)19-13-16(2)29(17(19)3)18-9-10-21-22(14-18)31-15-30-21/h6-11,13-14,23-24H,4-5,12,15H2,1-3H3,(H,27,32)/t23-,24-/m0/s1. The number of thiocarbonyl (C=S) groups is 1. The number of hydrogen-bond donors (Lipinski definition) is 1. The van der Waals surface area contributed by atoms with Crippen LogP contribution in [0.3, 0.4) is 0 Å². The molecule has 2 atom stereocenters. The number of ether oxygens (including phenoxy) is 2. The zero-order chi connectivity index (χ0) is 22.2. The van der Waals surface area contributed by atoms with Crippen LogP contribution in [0.25, 0.3) is 5.69 Å². The van der Waals surface area contributed by atoms with Gasteiger partial charge in [0.05, 0.1) is 17.8 Å². The molecule has 1 fully saturated rings. The highest BCUT2D eigenvalue weighted by atomic mass is 32.1. The van der Waals surface area contributed by atoms with E-state index >= 15 is 0 Å². The lowest BCUT2D eigenvalue weighted by Gasteiger charge is -2.28. The van der Waals surface area contributed by atoms with Crippen molar-refractivity contribution in [2.75, 3.05) is 13.3 Å². The van der Waals surface area contributed by atoms with Gasteiger partial charge >= 0.3 is 0 Å². The second-order valence-corrected chi connectivity index (χ2v) is 8.76. The molecule has 5 rings (SSSR count). The zero-order valence-corrected chi connectivity index (χ0v) is 19.5. The van der Waals surface area contributed by atoms with Crippen LogP contribution in [0, 0.1) is 13.8 Å². The van der Waals surface area contributed by atoms with Crippen molar-refractivity contribution in [3.63, 3.8) is 0 Å². The van der Waals surface area contributed by atoms with Gasteiger partial charge in [-0.15, -0.1) is 0 Å². The number of aryl methyl sites for hydroxylation is 1. The van der Waals surface area contributed by atoms with E-state index in [2.05, 4.69) is 64.8 Å². The summed E-state index contributed by atoms with van der Waals surface area (Å²) in [7, 11) is 0. The molecular formula is C25H28N4O2S. The van der Waals surface area contributed by atoms with Crippen molar-refractivity contribution in [1.82, 2.24) is 19.8 Å². The van der Waals surface area contributed by atoms with Crippen LogP contribution in [0.4, 0.5) is 0 Å². The summed E-state index contributed by atoms with van der Waals surface area (Å²) in [6.07, 6.45) is 4.06. The lowest BCUT2D eigenvalue weighted by atomic mass is 9.96. The van der Waals surface area contributed by atoms with Gasteiger partial charge in [0.1, 0.15) is 0 Å². The first-order valence-electron chi connectivity index (χ1n) is 11.2. The van der Waals surface area contributed by atoms with Crippen LogP contribution in [-0.4, -0.2) is 32.9 Å². The van der Waals surface area contributed by atoms with Gasteiger partial charge < -0.3 is 24.3 Å². The molecule has 7 heteroatoms. The number of rotatable bonds is 6. The number of fused-ring (bicyclic) bond motifs is 1. The predicted molar refractivity (Wildman–Crippen MR) is 128 cm³/mol. The number of unbranched alkanes of at least 4 members (excludes halogenated alkanes) is 1. The highest BCUT2D eigenvalue weighted by Crippen LogP contribution is 2.42. The zero-order valence-electron chi connectivity index (χ0n) is 18.7. The van der Waals surface area contributed by atoms with Crippen LogP contribution in [0.2, 0.25) is 0 Å². The summed E-state index contributed by atoms with van der Waals surface area (Å²) in [4.78, 5) is 6.99. The lowest BCUT2D eigenvalue weighted by Crippen LogP contribution is -2.30. The van der Waals surface area contributed by atoms with Gasteiger partial charge in [0, 0.05) is 35.9 Å². The van der Waals surface area contributed by atoms with Gasteiger partial charge in [-0.25, -0.2) is 0 Å². The molecule has 166 valence electrons. The van der Waals surface area contributed by atoms with Crippen LogP contribution in [-0.2, 0) is 0 Å². The second-order valence-electron chi connectivity index (χ2n) is 8.37. The molecule has 0 saturated carbocycles. The van der Waals surface area contributed by atoms with Gasteiger partial charge in [-0.2, -0.15) is 0 Å². The van der Waals surface area contributed by atoms with Crippen molar-refractivity contribution in [1.29, 1.82) is 0 Å². The van der Waals surface area contributed by atoms with Crippen molar-refractivity contribution in [2.45, 2.75) is 45.7 Å². The molecule has 0 unspecified atom stereocenters. The fraction of sp³-hybridized carbons (Fsp3) is 0.360. The molecule has 4 heterocycles. The number of nitrogens with zero attached hydrogens (tertiary/aromatic N) is 3. The van der Waals surface area contributed by atoms with E-state index in [0.29, 0.717) is 0 Å². The molecule has 6 nitrogen and oxygen atoms in total. The number of pyridine rings is 1. The normalized spacial score (nSPS) is 19.5. The van der Waals surface area contributed by atoms with Crippen LogP contribution < -0.4 is 14.8 Å². The SMILES string of the molecule is CCCCN1C(=S)N[C@@H](c2ccccn2)[C@@H]1c1cc(C)n(-c2ccc3c(c2)OCO3)c1C. The third-order valence-electron chi connectivity index (χ3n) is 6.35. The van der Waals surface area contributed by atoms with Gasteiger partial charge in [-0.3, -0.25) is 4.98 Å². The van der Waals surface area contributed by atoms with E-state index in [-0.39, 0.29) is 18.9 Å². The Morgan fingerprint density at radius 3 is 2.75 bits per heavy atom. The summed E-state index contributed by atoms with van der Waals surface area (Å²) in [5.74, 6) is 1.58. The first kappa shape index (κ1) is 20.8. The molecule has 1 N–H and O–H groups in total. The number of aromatic nitrogens is 2. The predicted octanol–water partition coefficient (Wildman–Crippen LogP) is 4.99. The molecule has 1 saturated heterocycles. The van der Waals surface area contributed by atoms with Gasteiger partial charge in [-0.05, 0) is 68.4 Å². The van der Waals surface area contributed by atoms with Crippen LogP contribution in [0.1, 0.15) is 54.5 Å². The van der Waals surface area contributed by atoms with Crippen molar-refractivity contribution < 1.29 is 9.47 Å². The first-order valence-corrected chi connectivity index (χ1v) is 11.6. The van der Waals surface area contributed by atoms with Gasteiger partial charge in [0.25, 0.3) is 0 Å². The molecule has 0 aliphatic carbocycles. The second kappa shape index (κ2) is 8.47. The summed E-state index contributed by atoms with van der Waals surface area (Å²) >= 11 is 5.79. The first-order chi connectivity index (χ1) is 15.6. The molecule has 0 radical (unpaired) electrons. The van der Waals surface area contributed by atoms with E-state index in [1.165, 1.54) is 17.0 Å². The van der Waals surface area contributed by atoms with Crippen molar-refractivity contribution >= 4 is 17.3 Å². The van der Waals surface area contributed by atoms with Gasteiger partial charge in [0.2, 0.25) is 6.79 Å². The summed E-state index contributed by atoms with van der Waals surface area (Å²) in [5, 5.41) is 4.35. The minimum Gasteiger partial charge on any atom is -0.454 e. The van der Waals surface area contributed by atoms with Gasteiger partial charge in [0.15, 0.2) is 16.6 Å². The quantitative estimate of drug-likeness (QED) is 0.536. The molecule has 1 aromatic carbocycles. The third-order valence-corrected chi connectivity index (χ3v) is 6.71. The molecule has 32 heavy (non-hydrogen) atoms. The van der Waals surface area contributed by atoms with E-state index in [9.17, 15) is 0 Å². The van der Waals surface area contributed by atoms with E-state index in [1.807, 2.05) is 24.4 Å². The number of hydrogen-bond acceptors (Lipinski definition) is 4. The molecule has 0 bridgehead atoms. The van der Waals surface area contributed by atoms with Gasteiger partial charge in [-0.1, -0.05) is 19.4 Å². The maximum absolute atomic E-state index is 5.79. The van der Waals surface area contributed by atoms with E-state index in [4.69, 9.17) is 21.7 Å². The Hall–Kier alpha value is -3.06. The monoisotopic (exact) mass is 448 g/mol. The molecule has 2 aliphatic heterocycles. The average Bonchev–Trinajstić information content (AvgIpc) is 3.48. The fourth-order valence-electron chi connectivity index (χ4n) is 4.82. The lowest BCUT2D eigenvalue weighted by molar-refractivity contribution is 0.174. The highest BCUT2D eigenvalue weighted by Gasteiger charge is 2.41. The van der Waals surface area contributed by atoms with Crippen molar-refractivity contribution in [3.05, 3.63) is 71.3 Å². The van der Waals surface area contributed by atoms with E-state index in [0.717, 1.165) is 47.4 Å². The van der Waals surface area contributed by atoms with Crippen LogP contribution >= 0.6 is 12.2 Å². The smallest absolute Gasteiger partial charge is 0.231 e. The molecule has 0 amide bonds. The van der Waals surface area contributed by atoms with E-state index < -0.39 is 0 Å². The highest BCUT2D eigenvalue weighted by molar-refractivity contribution is 7.80. The molecule has 3 aromatic rings. The molecule has 0 spiro atoms. The Balaban J connectivity index is 1.59. The molecule has 2 aromatic heterocycles. The topological polar surface area (TPSA) is 51.6 Å². The van der Waals surface area contributed by atoms with Crippen LogP contribution in [0.5, 0.6) is 11.5 Å². The molecular weight excluding hydrogens is 420 g/mol. The Morgan fingerprint density at radius 2 is 1.97 bits per heavy atom. The van der Waals surface area contributed by atoms with Crippen molar-refractivity contribution in [2.24, 2.45) is 0 Å². The average molecular weight is 449 g/mol. The van der Waals surface area contributed by atoms with E-state index in [1.54, 1.807) is 0 Å². The largest absolute Gasteiger partial charge is 0.454 e. The Morgan fingerprint density at radius 1 is 1.12 bits per heavy atom. The Kier molecular flexibility index (Phi) is 5.51. The summed E-state index contributed by atoms with van der Waals surface area (Å²) < 4.78 is 13.4. The van der Waals surface area contributed by atoms with Crippen LogP contribution in [0.15, 0.2) is 48.7 Å². The minimum atomic E-state index is 0.00580.